The second kappa shape index (κ2) is 9.58. The van der Waals surface area contributed by atoms with E-state index in [1.807, 2.05) is 78.9 Å². The molecule has 1 aliphatic rings. The first kappa shape index (κ1) is 20.8. The fraction of sp³-hybridized carbons (Fsp3) is 0.231. The van der Waals surface area contributed by atoms with Crippen LogP contribution in [0.25, 0.3) is 0 Å². The summed E-state index contributed by atoms with van der Waals surface area (Å²) in [4.78, 5) is 28.1. The van der Waals surface area contributed by atoms with Crippen molar-refractivity contribution < 1.29 is 14.7 Å². The minimum atomic E-state index is -0.979. The monoisotopic (exact) mass is 414 g/mol. The van der Waals surface area contributed by atoms with Crippen molar-refractivity contribution in [2.75, 3.05) is 13.2 Å². The van der Waals surface area contributed by atoms with E-state index in [0.717, 1.165) is 23.1 Å². The molecule has 0 aromatic heterocycles. The lowest BCUT2D eigenvalue weighted by molar-refractivity contribution is -0.138. The molecule has 2 N–H and O–H groups in total. The summed E-state index contributed by atoms with van der Waals surface area (Å²) in [7, 11) is 0. The molecule has 5 heteroatoms. The number of hydrogen-bond donors (Lipinski definition) is 2. The Morgan fingerprint density at radius 2 is 1.39 bits per heavy atom. The number of carbonyl (C=O) groups excluding carboxylic acids is 2. The van der Waals surface area contributed by atoms with E-state index < -0.39 is 18.6 Å². The van der Waals surface area contributed by atoms with Gasteiger partial charge in [0.1, 0.15) is 6.04 Å². The van der Waals surface area contributed by atoms with Crippen molar-refractivity contribution in [3.05, 3.63) is 107 Å². The van der Waals surface area contributed by atoms with Crippen molar-refractivity contribution in [3.8, 4) is 0 Å². The normalized spacial score (nSPS) is 14.1. The van der Waals surface area contributed by atoms with Gasteiger partial charge in [0.25, 0.3) is 0 Å². The number of nitrogens with one attached hydrogen (secondary N) is 1. The minimum Gasteiger partial charge on any atom is -0.394 e. The molecule has 2 amide bonds. The van der Waals surface area contributed by atoms with Crippen LogP contribution in [0.3, 0.4) is 0 Å². The molecule has 0 bridgehead atoms. The Morgan fingerprint density at radius 1 is 0.839 bits per heavy atom. The van der Waals surface area contributed by atoms with Crippen LogP contribution in [0.1, 0.15) is 28.2 Å². The molecule has 3 aromatic rings. The van der Waals surface area contributed by atoms with Gasteiger partial charge >= 0.3 is 0 Å². The van der Waals surface area contributed by atoms with Crippen molar-refractivity contribution >= 4 is 11.8 Å². The van der Waals surface area contributed by atoms with E-state index in [9.17, 15) is 14.7 Å². The zero-order valence-electron chi connectivity index (χ0n) is 17.3. The molecule has 1 aliphatic heterocycles. The van der Waals surface area contributed by atoms with Crippen LogP contribution in [-0.2, 0) is 22.6 Å². The first-order valence-electron chi connectivity index (χ1n) is 10.5. The molecule has 0 saturated heterocycles. The third kappa shape index (κ3) is 4.67. The van der Waals surface area contributed by atoms with Gasteiger partial charge in [0.2, 0.25) is 11.8 Å². The lowest BCUT2D eigenvalue weighted by Crippen LogP contribution is -2.52. The first-order valence-corrected chi connectivity index (χ1v) is 10.5. The summed E-state index contributed by atoms with van der Waals surface area (Å²) in [6.45, 7) is 0.615. The number of aliphatic hydroxyl groups excluding tert-OH is 1. The molecule has 0 saturated carbocycles. The van der Waals surface area contributed by atoms with Crippen molar-refractivity contribution in [3.63, 3.8) is 0 Å². The summed E-state index contributed by atoms with van der Waals surface area (Å²) in [5, 5.41) is 12.7. The van der Waals surface area contributed by atoms with Crippen LogP contribution in [0.15, 0.2) is 84.9 Å². The van der Waals surface area contributed by atoms with Gasteiger partial charge in [-0.3, -0.25) is 9.59 Å². The number of aliphatic hydroxyl groups is 1. The molecule has 0 unspecified atom stereocenters. The highest BCUT2D eigenvalue weighted by molar-refractivity contribution is 5.92. The van der Waals surface area contributed by atoms with E-state index in [-0.39, 0.29) is 11.8 Å². The van der Waals surface area contributed by atoms with Crippen LogP contribution >= 0.6 is 0 Å². The maximum Gasteiger partial charge on any atom is 0.247 e. The Morgan fingerprint density at radius 3 is 1.97 bits per heavy atom. The van der Waals surface area contributed by atoms with Crippen LogP contribution in [0.5, 0.6) is 0 Å². The molecule has 1 atom stereocenters. The van der Waals surface area contributed by atoms with Crippen molar-refractivity contribution in [2.45, 2.75) is 24.9 Å². The van der Waals surface area contributed by atoms with Gasteiger partial charge in [-0.15, -0.1) is 0 Å². The average Bonchev–Trinajstić information content (AvgIpc) is 2.83. The highest BCUT2D eigenvalue weighted by Crippen LogP contribution is 2.25. The maximum absolute atomic E-state index is 13.3. The quantitative estimate of drug-likeness (QED) is 0.652. The van der Waals surface area contributed by atoms with Crippen LogP contribution in [0.2, 0.25) is 0 Å². The third-order valence-electron chi connectivity index (χ3n) is 5.77. The van der Waals surface area contributed by atoms with Gasteiger partial charge in [0.05, 0.1) is 12.5 Å². The summed E-state index contributed by atoms with van der Waals surface area (Å²) in [5.41, 5.74) is 4.02. The van der Waals surface area contributed by atoms with Gasteiger partial charge in [-0.2, -0.15) is 0 Å². The lowest BCUT2D eigenvalue weighted by Gasteiger charge is -2.32. The van der Waals surface area contributed by atoms with Crippen LogP contribution in [0, 0.1) is 0 Å². The van der Waals surface area contributed by atoms with E-state index in [4.69, 9.17) is 0 Å². The van der Waals surface area contributed by atoms with Crippen LogP contribution in [-0.4, -0.2) is 41.0 Å². The van der Waals surface area contributed by atoms with Gasteiger partial charge in [-0.25, -0.2) is 0 Å². The van der Waals surface area contributed by atoms with Gasteiger partial charge < -0.3 is 15.3 Å². The molecule has 5 nitrogen and oxygen atoms in total. The summed E-state index contributed by atoms with van der Waals surface area (Å²) >= 11 is 0. The van der Waals surface area contributed by atoms with Crippen molar-refractivity contribution in [2.24, 2.45) is 0 Å². The molecule has 1 heterocycles. The standard InChI is InChI=1S/C26H26N2O3/c29-18-23(26(31)28-16-15-19-9-7-8-14-22(19)17-28)27-25(30)24(20-10-3-1-4-11-20)21-12-5-2-6-13-21/h1-14,23-24,29H,15-18H2,(H,27,30)/t23-/m0/s1. The Labute approximate surface area is 182 Å². The highest BCUT2D eigenvalue weighted by atomic mass is 16.3. The molecule has 0 radical (unpaired) electrons. The van der Waals surface area contributed by atoms with E-state index in [1.165, 1.54) is 5.56 Å². The number of carbonyl (C=O) groups is 2. The predicted molar refractivity (Wildman–Crippen MR) is 119 cm³/mol. The van der Waals surface area contributed by atoms with Gasteiger partial charge in [-0.1, -0.05) is 84.9 Å². The Hall–Kier alpha value is -3.44. The molecule has 158 valence electrons. The summed E-state index contributed by atoms with van der Waals surface area (Å²) in [6.07, 6.45) is 0.769. The minimum absolute atomic E-state index is 0.259. The largest absolute Gasteiger partial charge is 0.394 e. The molecule has 0 fully saturated rings. The summed E-state index contributed by atoms with van der Waals surface area (Å²) in [6, 6.07) is 26.0. The first-order chi connectivity index (χ1) is 15.2. The van der Waals surface area contributed by atoms with E-state index in [2.05, 4.69) is 11.4 Å². The number of hydrogen-bond acceptors (Lipinski definition) is 3. The Kier molecular flexibility index (Phi) is 6.43. The number of rotatable bonds is 6. The smallest absolute Gasteiger partial charge is 0.247 e. The fourth-order valence-electron chi connectivity index (χ4n) is 4.13. The molecule has 31 heavy (non-hydrogen) atoms. The van der Waals surface area contributed by atoms with Crippen molar-refractivity contribution in [1.82, 2.24) is 10.2 Å². The lowest BCUT2D eigenvalue weighted by atomic mass is 9.90. The molecule has 0 aliphatic carbocycles. The molecular weight excluding hydrogens is 388 g/mol. The van der Waals surface area contributed by atoms with Crippen LogP contribution < -0.4 is 5.32 Å². The van der Waals surface area contributed by atoms with Crippen LogP contribution in [0.4, 0.5) is 0 Å². The fourth-order valence-corrected chi connectivity index (χ4v) is 4.13. The van der Waals surface area contributed by atoms with E-state index >= 15 is 0 Å². The van der Waals surface area contributed by atoms with E-state index in [0.29, 0.717) is 13.1 Å². The SMILES string of the molecule is O=C(N[C@@H](CO)C(=O)N1CCc2ccccc2C1)C(c1ccccc1)c1ccccc1. The molecule has 0 spiro atoms. The highest BCUT2D eigenvalue weighted by Gasteiger charge is 2.31. The summed E-state index contributed by atoms with van der Waals surface area (Å²) in [5.74, 6) is -1.13. The zero-order chi connectivity index (χ0) is 21.6. The van der Waals surface area contributed by atoms with E-state index in [1.54, 1.807) is 4.90 Å². The Bertz CT molecular complexity index is 997. The second-order valence-electron chi connectivity index (χ2n) is 7.78. The number of fused-ring (bicyclic) bond motifs is 1. The Balaban J connectivity index is 1.52. The molecule has 4 rings (SSSR count). The number of nitrogens with zero attached hydrogens (tertiary/aromatic N) is 1. The molecular formula is C26H26N2O3. The zero-order valence-corrected chi connectivity index (χ0v) is 17.3. The predicted octanol–water partition coefficient (Wildman–Crippen LogP) is 2.88. The van der Waals surface area contributed by atoms with Crippen molar-refractivity contribution in [1.29, 1.82) is 0 Å². The molecule has 3 aromatic carbocycles. The third-order valence-corrected chi connectivity index (χ3v) is 5.77. The van der Waals surface area contributed by atoms with Gasteiger partial charge in [0.15, 0.2) is 0 Å². The number of amides is 2. The van der Waals surface area contributed by atoms with Gasteiger partial charge in [0, 0.05) is 13.1 Å². The average molecular weight is 415 g/mol. The summed E-state index contributed by atoms with van der Waals surface area (Å²) < 4.78 is 0. The second-order valence-corrected chi connectivity index (χ2v) is 7.78. The van der Waals surface area contributed by atoms with Gasteiger partial charge in [-0.05, 0) is 28.7 Å². The topological polar surface area (TPSA) is 69.6 Å². The maximum atomic E-state index is 13.3. The number of benzene rings is 3.